The Morgan fingerprint density at radius 1 is 1.31 bits per heavy atom. The molecule has 0 atom stereocenters. The molecule has 0 saturated carbocycles. The van der Waals surface area contributed by atoms with Crippen LogP contribution in [-0.2, 0) is 0 Å². The lowest BCUT2D eigenvalue weighted by Gasteiger charge is -2.09. The van der Waals surface area contributed by atoms with Gasteiger partial charge in [-0.2, -0.15) is 0 Å². The third kappa shape index (κ3) is 1.86. The van der Waals surface area contributed by atoms with Crippen molar-refractivity contribution in [2.24, 2.45) is 0 Å². The fourth-order valence-corrected chi connectivity index (χ4v) is 1.40. The van der Waals surface area contributed by atoms with Crippen LogP contribution < -0.4 is 10.1 Å². The minimum Gasteiger partial charge on any atom is -0.406 e. The average molecular weight is 229 g/mol. The van der Waals surface area contributed by atoms with Gasteiger partial charge in [0.25, 0.3) is 0 Å². The fourth-order valence-electron chi connectivity index (χ4n) is 1.40. The number of nitrogens with one attached hydrogen (secondary N) is 1. The number of benzene rings is 1. The lowest BCUT2D eigenvalue weighted by atomic mass is 10.1. The van der Waals surface area contributed by atoms with Crippen LogP contribution in [-0.4, -0.2) is 12.1 Å². The molecule has 1 aromatic carbocycles. The number of halogens is 3. The van der Waals surface area contributed by atoms with Crippen molar-refractivity contribution in [2.75, 3.05) is 5.32 Å². The summed E-state index contributed by atoms with van der Waals surface area (Å²) in [5, 5.41) is 2.66. The van der Waals surface area contributed by atoms with Gasteiger partial charge in [-0.1, -0.05) is 6.58 Å². The number of ether oxygens (including phenoxy) is 1. The van der Waals surface area contributed by atoms with Gasteiger partial charge >= 0.3 is 6.36 Å². The first kappa shape index (κ1) is 10.5. The lowest BCUT2D eigenvalue weighted by molar-refractivity contribution is -0.274. The Morgan fingerprint density at radius 3 is 2.62 bits per heavy atom. The van der Waals surface area contributed by atoms with E-state index in [0.29, 0.717) is 5.69 Å². The average Bonchev–Trinajstić information content (AvgIpc) is 2.42. The monoisotopic (exact) mass is 229 g/mol. The smallest absolute Gasteiger partial charge is 0.406 e. The summed E-state index contributed by atoms with van der Waals surface area (Å²) in [5.74, 6) is -0.848. The first-order valence-electron chi connectivity index (χ1n) is 4.27. The van der Waals surface area contributed by atoms with Crippen molar-refractivity contribution in [3.63, 3.8) is 0 Å². The molecule has 3 nitrogen and oxygen atoms in total. The Balaban J connectivity index is 2.34. The van der Waals surface area contributed by atoms with E-state index in [-0.39, 0.29) is 11.3 Å². The number of ketones is 1. The number of carbonyl (C=O) groups excluding carboxylic acids is 1. The van der Waals surface area contributed by atoms with Crippen LogP contribution in [0.2, 0.25) is 0 Å². The summed E-state index contributed by atoms with van der Waals surface area (Å²) < 4.78 is 39.5. The predicted octanol–water partition coefficient (Wildman–Crippen LogP) is 2.71. The summed E-state index contributed by atoms with van der Waals surface area (Å²) in [7, 11) is 0. The van der Waals surface area contributed by atoms with Gasteiger partial charge in [-0.25, -0.2) is 0 Å². The molecule has 0 unspecified atom stereocenters. The van der Waals surface area contributed by atoms with Crippen LogP contribution in [0.1, 0.15) is 10.4 Å². The molecule has 1 aromatic rings. The number of rotatable bonds is 1. The van der Waals surface area contributed by atoms with Gasteiger partial charge in [0.15, 0.2) is 0 Å². The topological polar surface area (TPSA) is 38.3 Å². The summed E-state index contributed by atoms with van der Waals surface area (Å²) in [5.41, 5.74) is 0.704. The van der Waals surface area contributed by atoms with Crippen LogP contribution in [0.4, 0.5) is 18.9 Å². The van der Waals surface area contributed by atoms with E-state index in [9.17, 15) is 18.0 Å². The number of hydrogen-bond acceptors (Lipinski definition) is 3. The quantitative estimate of drug-likeness (QED) is 0.752. The largest absolute Gasteiger partial charge is 0.573 e. The molecule has 6 heteroatoms. The van der Waals surface area contributed by atoms with E-state index in [0.717, 1.165) is 12.1 Å². The van der Waals surface area contributed by atoms with Crippen LogP contribution in [0.25, 0.3) is 0 Å². The summed E-state index contributed by atoms with van der Waals surface area (Å²) in [6.45, 7) is 3.43. The zero-order valence-electron chi connectivity index (χ0n) is 7.89. The highest BCUT2D eigenvalue weighted by Gasteiger charge is 2.32. The normalized spacial score (nSPS) is 14.7. The highest BCUT2D eigenvalue weighted by molar-refractivity contribution is 6.18. The fraction of sp³-hybridized carbons (Fsp3) is 0.100. The second-order valence-corrected chi connectivity index (χ2v) is 3.19. The summed E-state index contributed by atoms with van der Waals surface area (Å²) >= 11 is 0. The molecule has 0 aliphatic carbocycles. The molecule has 84 valence electrons. The van der Waals surface area contributed by atoms with Crippen LogP contribution in [0, 0.1) is 0 Å². The molecule has 0 aromatic heterocycles. The van der Waals surface area contributed by atoms with E-state index in [1.54, 1.807) is 0 Å². The molecule has 16 heavy (non-hydrogen) atoms. The maximum absolute atomic E-state index is 11.9. The van der Waals surface area contributed by atoms with Gasteiger partial charge < -0.3 is 10.1 Å². The molecule has 1 aliphatic rings. The standard InChI is InChI=1S/C10H6F3NO2/c1-5-9(15)7-4-6(16-10(11,12)13)2-3-8(7)14-5/h2-4,14H,1H2. The number of alkyl halides is 3. The maximum Gasteiger partial charge on any atom is 0.573 e. The van der Waals surface area contributed by atoms with Gasteiger partial charge in [0.05, 0.1) is 16.9 Å². The predicted molar refractivity (Wildman–Crippen MR) is 50.2 cm³/mol. The van der Waals surface area contributed by atoms with Crippen LogP contribution in [0.3, 0.4) is 0 Å². The van der Waals surface area contributed by atoms with E-state index in [4.69, 9.17) is 0 Å². The summed E-state index contributed by atoms with van der Waals surface area (Å²) in [4.78, 5) is 11.4. The van der Waals surface area contributed by atoms with Crippen molar-refractivity contribution in [3.8, 4) is 5.75 Å². The van der Waals surface area contributed by atoms with Crippen molar-refractivity contribution in [3.05, 3.63) is 36.0 Å². The lowest BCUT2D eigenvalue weighted by Crippen LogP contribution is -2.17. The van der Waals surface area contributed by atoms with Gasteiger partial charge in [-0.3, -0.25) is 4.79 Å². The second-order valence-electron chi connectivity index (χ2n) is 3.19. The SMILES string of the molecule is C=C1Nc2ccc(OC(F)(F)F)cc2C1=O. The van der Waals surface area contributed by atoms with Gasteiger partial charge in [0, 0.05) is 0 Å². The number of hydrogen-bond donors (Lipinski definition) is 1. The second kappa shape index (κ2) is 3.26. The Labute approximate surface area is 88.5 Å². The molecule has 0 fully saturated rings. The van der Waals surface area contributed by atoms with Crippen molar-refractivity contribution < 1.29 is 22.7 Å². The van der Waals surface area contributed by atoms with Crippen molar-refractivity contribution in [1.29, 1.82) is 0 Å². The molecule has 0 amide bonds. The molecular weight excluding hydrogens is 223 g/mol. The van der Waals surface area contributed by atoms with Crippen molar-refractivity contribution in [2.45, 2.75) is 6.36 Å². The highest BCUT2D eigenvalue weighted by atomic mass is 19.4. The Morgan fingerprint density at radius 2 is 2.00 bits per heavy atom. The third-order valence-corrected chi connectivity index (χ3v) is 2.03. The van der Waals surface area contributed by atoms with Gasteiger partial charge in [-0.15, -0.1) is 13.2 Å². The summed E-state index contributed by atoms with van der Waals surface area (Å²) in [6.07, 6.45) is -4.76. The zero-order chi connectivity index (χ0) is 11.9. The van der Waals surface area contributed by atoms with Crippen LogP contribution in [0.15, 0.2) is 30.5 Å². The zero-order valence-corrected chi connectivity index (χ0v) is 7.89. The minimum absolute atomic E-state index is 0.131. The van der Waals surface area contributed by atoms with Gasteiger partial charge in [-0.05, 0) is 18.2 Å². The first-order valence-corrected chi connectivity index (χ1v) is 4.27. The number of fused-ring (bicyclic) bond motifs is 1. The minimum atomic E-state index is -4.76. The van der Waals surface area contributed by atoms with E-state index in [1.165, 1.54) is 6.07 Å². The highest BCUT2D eigenvalue weighted by Crippen LogP contribution is 2.32. The number of Topliss-reactive ketones (excluding diaryl/α,β-unsaturated/α-hetero) is 1. The van der Waals surface area contributed by atoms with Crippen LogP contribution >= 0.6 is 0 Å². The Hall–Kier alpha value is -1.98. The molecule has 1 aliphatic heterocycles. The molecule has 1 N–H and O–H groups in total. The maximum atomic E-state index is 11.9. The Kier molecular flexibility index (Phi) is 2.15. The molecular formula is C10H6F3NO2. The number of allylic oxidation sites excluding steroid dienone is 1. The first-order chi connectivity index (χ1) is 7.37. The summed E-state index contributed by atoms with van der Waals surface area (Å²) in [6, 6.07) is 3.51. The van der Waals surface area contributed by atoms with E-state index >= 15 is 0 Å². The third-order valence-electron chi connectivity index (χ3n) is 2.03. The molecule has 0 bridgehead atoms. The molecule has 1 heterocycles. The van der Waals surface area contributed by atoms with Gasteiger partial charge in [0.2, 0.25) is 5.78 Å². The molecule has 2 rings (SSSR count). The van der Waals surface area contributed by atoms with E-state index in [1.807, 2.05) is 0 Å². The number of anilines is 1. The van der Waals surface area contributed by atoms with E-state index in [2.05, 4.69) is 16.6 Å². The number of carbonyl (C=O) groups is 1. The van der Waals surface area contributed by atoms with Crippen LogP contribution in [0.5, 0.6) is 5.75 Å². The van der Waals surface area contributed by atoms with Gasteiger partial charge in [0.1, 0.15) is 5.75 Å². The molecule has 0 saturated heterocycles. The Bertz CT molecular complexity index is 479. The van der Waals surface area contributed by atoms with E-state index < -0.39 is 17.9 Å². The van der Waals surface area contributed by atoms with Crippen molar-refractivity contribution in [1.82, 2.24) is 0 Å². The molecule has 0 radical (unpaired) electrons. The molecule has 0 spiro atoms. The van der Waals surface area contributed by atoms with Crippen molar-refractivity contribution >= 4 is 11.5 Å².